The maximum absolute atomic E-state index is 13.5. The van der Waals surface area contributed by atoms with Crippen molar-refractivity contribution in [2.45, 2.75) is 6.92 Å². The third-order valence-electron chi connectivity index (χ3n) is 4.42. The van der Waals surface area contributed by atoms with Crippen LogP contribution in [0.3, 0.4) is 0 Å². The van der Waals surface area contributed by atoms with E-state index in [1.165, 1.54) is 31.0 Å². The van der Waals surface area contributed by atoms with E-state index in [9.17, 15) is 9.18 Å². The van der Waals surface area contributed by atoms with Crippen molar-refractivity contribution in [1.29, 1.82) is 0 Å². The van der Waals surface area contributed by atoms with Gasteiger partial charge in [0.05, 0.1) is 25.6 Å². The molecule has 1 amide bonds. The van der Waals surface area contributed by atoms with Gasteiger partial charge in [-0.1, -0.05) is 11.3 Å². The first kappa shape index (κ1) is 20.4. The average Bonchev–Trinajstić information content (AvgIpc) is 3.39. The molecule has 0 aliphatic carbocycles. The van der Waals surface area contributed by atoms with Crippen LogP contribution >= 0.6 is 11.5 Å². The molecule has 31 heavy (non-hydrogen) atoms. The van der Waals surface area contributed by atoms with Gasteiger partial charge >= 0.3 is 0 Å². The molecule has 0 radical (unpaired) electrons. The number of hydrogen-bond donors (Lipinski definition) is 1. The molecule has 158 valence electrons. The zero-order valence-corrected chi connectivity index (χ0v) is 17.6. The second-order valence-corrected chi connectivity index (χ2v) is 7.15. The van der Waals surface area contributed by atoms with Gasteiger partial charge in [0.15, 0.2) is 11.5 Å². The molecule has 0 aliphatic rings. The minimum absolute atomic E-state index is 0.293. The maximum atomic E-state index is 13.5. The Morgan fingerprint density at radius 3 is 2.55 bits per heavy atom. The van der Waals surface area contributed by atoms with E-state index in [4.69, 9.17) is 9.47 Å². The molecule has 0 unspecified atom stereocenters. The van der Waals surface area contributed by atoms with Crippen molar-refractivity contribution in [1.82, 2.24) is 24.4 Å². The van der Waals surface area contributed by atoms with Crippen molar-refractivity contribution in [3.63, 3.8) is 0 Å². The molecular weight excluding hydrogens is 423 g/mol. The number of hydrogen-bond acceptors (Lipinski definition) is 8. The van der Waals surface area contributed by atoms with Crippen LogP contribution in [-0.4, -0.2) is 44.5 Å². The summed E-state index contributed by atoms with van der Waals surface area (Å²) in [4.78, 5) is 17.0. The number of halogens is 1. The molecule has 0 saturated heterocycles. The van der Waals surface area contributed by atoms with Crippen LogP contribution < -0.4 is 14.8 Å². The van der Waals surface area contributed by atoms with Gasteiger partial charge in [0, 0.05) is 23.2 Å². The number of carbonyl (C=O) groups excluding carboxylic acids is 1. The largest absolute Gasteiger partial charge is 0.497 e. The van der Waals surface area contributed by atoms with Crippen LogP contribution in [0.2, 0.25) is 0 Å². The van der Waals surface area contributed by atoms with Gasteiger partial charge in [-0.15, -0.1) is 5.10 Å². The lowest BCUT2D eigenvalue weighted by molar-refractivity contribution is 0.102. The smallest absolute Gasteiger partial charge is 0.257 e. The number of nitrogens with one attached hydrogen (secondary N) is 1. The average molecular weight is 440 g/mol. The lowest BCUT2D eigenvalue weighted by atomic mass is 10.2. The zero-order valence-electron chi connectivity index (χ0n) is 16.8. The number of methoxy groups -OCH3 is 2. The van der Waals surface area contributed by atoms with E-state index < -0.39 is 0 Å². The first-order valence-corrected chi connectivity index (χ1v) is 9.82. The van der Waals surface area contributed by atoms with Gasteiger partial charge in [0.25, 0.3) is 5.91 Å². The summed E-state index contributed by atoms with van der Waals surface area (Å²) >= 11 is 1.01. The van der Waals surface area contributed by atoms with Gasteiger partial charge in [-0.3, -0.25) is 10.1 Å². The number of anilines is 1. The van der Waals surface area contributed by atoms with Gasteiger partial charge in [0.1, 0.15) is 17.3 Å². The van der Waals surface area contributed by atoms with E-state index >= 15 is 0 Å². The van der Waals surface area contributed by atoms with Crippen LogP contribution in [0.5, 0.6) is 11.5 Å². The zero-order chi connectivity index (χ0) is 22.0. The Balaban J connectivity index is 1.56. The monoisotopic (exact) mass is 440 g/mol. The number of aromatic nitrogens is 5. The fourth-order valence-electron chi connectivity index (χ4n) is 2.87. The fourth-order valence-corrected chi connectivity index (χ4v) is 3.43. The normalized spacial score (nSPS) is 10.7. The maximum Gasteiger partial charge on any atom is 0.257 e. The first-order valence-electron chi connectivity index (χ1n) is 9.05. The van der Waals surface area contributed by atoms with Crippen molar-refractivity contribution in [2.24, 2.45) is 0 Å². The van der Waals surface area contributed by atoms with Crippen LogP contribution in [0.4, 0.5) is 9.52 Å². The number of ether oxygens (including phenoxy) is 2. The summed E-state index contributed by atoms with van der Waals surface area (Å²) in [6.07, 6.45) is 0. The van der Waals surface area contributed by atoms with E-state index in [-0.39, 0.29) is 11.7 Å². The van der Waals surface area contributed by atoms with Gasteiger partial charge in [-0.05, 0) is 37.3 Å². The van der Waals surface area contributed by atoms with E-state index in [0.717, 1.165) is 11.5 Å². The highest BCUT2D eigenvalue weighted by molar-refractivity contribution is 7.10. The van der Waals surface area contributed by atoms with Crippen LogP contribution in [0.15, 0.2) is 42.5 Å². The molecule has 2 aromatic carbocycles. The molecule has 4 rings (SSSR count). The first-order chi connectivity index (χ1) is 15.0. The Labute approximate surface area is 180 Å². The predicted molar refractivity (Wildman–Crippen MR) is 112 cm³/mol. The molecule has 0 atom stereocenters. The Kier molecular flexibility index (Phi) is 5.58. The van der Waals surface area contributed by atoms with E-state index in [1.807, 2.05) is 0 Å². The number of amides is 1. The van der Waals surface area contributed by atoms with Crippen LogP contribution in [0.25, 0.3) is 17.2 Å². The fraction of sp³-hybridized carbons (Fsp3) is 0.150. The Hall–Kier alpha value is -3.86. The molecule has 11 heteroatoms. The summed E-state index contributed by atoms with van der Waals surface area (Å²) in [6.45, 7) is 1.78. The van der Waals surface area contributed by atoms with Crippen molar-refractivity contribution < 1.29 is 18.7 Å². The molecule has 2 aromatic heterocycles. The molecule has 0 fully saturated rings. The Morgan fingerprint density at radius 1 is 1.13 bits per heavy atom. The highest BCUT2D eigenvalue weighted by Gasteiger charge is 2.18. The molecule has 1 N–H and O–H groups in total. The molecule has 9 nitrogen and oxygen atoms in total. The van der Waals surface area contributed by atoms with Crippen molar-refractivity contribution in [3.05, 3.63) is 59.5 Å². The summed E-state index contributed by atoms with van der Waals surface area (Å²) in [5, 5.41) is 11.2. The quantitative estimate of drug-likeness (QED) is 0.489. The molecule has 0 spiro atoms. The second-order valence-electron chi connectivity index (χ2n) is 6.39. The Bertz CT molecular complexity index is 1230. The molecule has 0 bridgehead atoms. The minimum atomic E-state index is -0.389. The van der Waals surface area contributed by atoms with E-state index in [1.54, 1.807) is 37.3 Å². The van der Waals surface area contributed by atoms with Gasteiger partial charge in [0.2, 0.25) is 5.13 Å². The van der Waals surface area contributed by atoms with Gasteiger partial charge in [-0.25, -0.2) is 9.07 Å². The topological polar surface area (TPSA) is 104 Å². The summed E-state index contributed by atoms with van der Waals surface area (Å²) in [5.41, 5.74) is 1.95. The van der Waals surface area contributed by atoms with Crippen molar-refractivity contribution >= 4 is 22.6 Å². The molecular formula is C20H17FN6O3S. The molecule has 2 heterocycles. The summed E-state index contributed by atoms with van der Waals surface area (Å²) in [5.74, 6) is 0.530. The van der Waals surface area contributed by atoms with Crippen LogP contribution in [0.1, 0.15) is 16.1 Å². The third kappa shape index (κ3) is 4.21. The van der Waals surface area contributed by atoms with Crippen LogP contribution in [0, 0.1) is 12.7 Å². The number of carbonyl (C=O) groups is 1. The molecule has 4 aromatic rings. The van der Waals surface area contributed by atoms with Crippen LogP contribution in [-0.2, 0) is 0 Å². The Morgan fingerprint density at radius 2 is 1.87 bits per heavy atom. The SMILES string of the molecule is COc1cc(OC)cc(C(=O)Nc2nc(-c3nnn(-c4cccc(F)c4)c3C)ns2)c1. The third-order valence-corrected chi connectivity index (χ3v) is 5.05. The number of benzene rings is 2. The summed E-state index contributed by atoms with van der Waals surface area (Å²) in [7, 11) is 3.01. The predicted octanol–water partition coefficient (Wildman–Crippen LogP) is 3.50. The lowest BCUT2D eigenvalue weighted by Gasteiger charge is -2.07. The highest BCUT2D eigenvalue weighted by atomic mass is 32.1. The van der Waals surface area contributed by atoms with E-state index in [0.29, 0.717) is 45.1 Å². The summed E-state index contributed by atoms with van der Waals surface area (Å²) in [6, 6.07) is 10.9. The van der Waals surface area contributed by atoms with Gasteiger partial charge in [-0.2, -0.15) is 9.36 Å². The standard InChI is InChI=1S/C20H17FN6O3S/c1-11-17(24-26-27(11)14-6-4-5-13(21)9-14)18-22-20(31-25-18)23-19(28)12-7-15(29-2)10-16(8-12)30-3/h4-10H,1-3H3,(H,22,23,25,28). The van der Waals surface area contributed by atoms with E-state index in [2.05, 4.69) is 25.0 Å². The lowest BCUT2D eigenvalue weighted by Crippen LogP contribution is -2.12. The molecule has 0 aliphatic heterocycles. The van der Waals surface area contributed by atoms with Crippen molar-refractivity contribution in [3.8, 4) is 28.7 Å². The number of rotatable bonds is 6. The second kappa shape index (κ2) is 8.48. The highest BCUT2D eigenvalue weighted by Crippen LogP contribution is 2.26. The molecule has 0 saturated carbocycles. The number of nitrogens with zero attached hydrogens (tertiary/aromatic N) is 5. The minimum Gasteiger partial charge on any atom is -0.497 e. The van der Waals surface area contributed by atoms with Gasteiger partial charge < -0.3 is 9.47 Å². The summed E-state index contributed by atoms with van der Waals surface area (Å²) < 4.78 is 29.7. The van der Waals surface area contributed by atoms with Crippen molar-refractivity contribution in [2.75, 3.05) is 19.5 Å².